The van der Waals surface area contributed by atoms with Crippen LogP contribution < -0.4 is 10.6 Å². The number of methoxy groups -OCH3 is 1. The number of pyridine rings is 1. The molecule has 3 heterocycles. The number of aromatic nitrogens is 3. The molecular formula is C23H26N6O3. The van der Waals surface area contributed by atoms with Gasteiger partial charge in [0.05, 0.1) is 23.3 Å². The van der Waals surface area contributed by atoms with E-state index in [1.165, 1.54) is 12.4 Å². The third-order valence-electron chi connectivity index (χ3n) is 5.59. The minimum Gasteiger partial charge on any atom is -0.383 e. The van der Waals surface area contributed by atoms with Gasteiger partial charge >= 0.3 is 0 Å². The van der Waals surface area contributed by atoms with Crippen molar-refractivity contribution in [1.82, 2.24) is 25.2 Å². The van der Waals surface area contributed by atoms with E-state index in [0.29, 0.717) is 43.3 Å². The first-order valence-electron chi connectivity index (χ1n) is 10.6. The first-order valence-corrected chi connectivity index (χ1v) is 10.6. The van der Waals surface area contributed by atoms with E-state index >= 15 is 0 Å². The predicted molar refractivity (Wildman–Crippen MR) is 121 cm³/mol. The van der Waals surface area contributed by atoms with Crippen LogP contribution in [0.4, 0.5) is 5.95 Å². The van der Waals surface area contributed by atoms with Gasteiger partial charge in [0.25, 0.3) is 11.8 Å². The van der Waals surface area contributed by atoms with Crippen LogP contribution in [0.15, 0.2) is 42.7 Å². The van der Waals surface area contributed by atoms with Crippen molar-refractivity contribution >= 4 is 28.7 Å². The normalized spacial score (nSPS) is 15.7. The molecule has 9 nitrogen and oxygen atoms in total. The summed E-state index contributed by atoms with van der Waals surface area (Å²) < 4.78 is 5.03. The summed E-state index contributed by atoms with van der Waals surface area (Å²) in [6, 6.07) is 9.46. The van der Waals surface area contributed by atoms with E-state index < -0.39 is 0 Å². The number of likely N-dealkylation sites (tertiary alicyclic amines) is 1. The zero-order chi connectivity index (χ0) is 22.5. The third kappa shape index (κ3) is 4.52. The van der Waals surface area contributed by atoms with Gasteiger partial charge in [-0.2, -0.15) is 0 Å². The van der Waals surface area contributed by atoms with Crippen molar-refractivity contribution in [2.45, 2.75) is 12.3 Å². The molecule has 1 aliphatic heterocycles. The molecule has 0 saturated carbocycles. The molecule has 0 unspecified atom stereocenters. The van der Waals surface area contributed by atoms with Gasteiger partial charge in [-0.3, -0.25) is 14.6 Å². The molecule has 32 heavy (non-hydrogen) atoms. The lowest BCUT2D eigenvalue weighted by molar-refractivity contribution is 0.0789. The summed E-state index contributed by atoms with van der Waals surface area (Å²) >= 11 is 0. The summed E-state index contributed by atoms with van der Waals surface area (Å²) in [5.74, 6) is 0.257. The van der Waals surface area contributed by atoms with Gasteiger partial charge in [0.1, 0.15) is 0 Å². The highest BCUT2D eigenvalue weighted by atomic mass is 16.5. The summed E-state index contributed by atoms with van der Waals surface area (Å²) in [6.45, 7) is 2.02. The number of nitrogens with zero attached hydrogens (tertiary/aromatic N) is 4. The quantitative estimate of drug-likeness (QED) is 0.548. The van der Waals surface area contributed by atoms with Gasteiger partial charge in [-0.25, -0.2) is 9.97 Å². The monoisotopic (exact) mass is 434 g/mol. The number of carbonyl (C=O) groups is 2. The van der Waals surface area contributed by atoms with Crippen LogP contribution in [-0.4, -0.2) is 72.1 Å². The molecule has 9 heteroatoms. The SMILES string of the molecule is CNc1ncc(C(=O)N2CC[C@H](c3cc(C(=O)NCCOC)c4ccccc4n3)C2)cn1. The maximum Gasteiger partial charge on any atom is 0.257 e. The Morgan fingerprint density at radius 2 is 2.00 bits per heavy atom. The van der Waals surface area contributed by atoms with E-state index in [1.807, 2.05) is 30.3 Å². The average Bonchev–Trinajstić information content (AvgIpc) is 3.33. The first kappa shape index (κ1) is 21.6. The second-order valence-corrected chi connectivity index (χ2v) is 7.64. The van der Waals surface area contributed by atoms with Crippen molar-refractivity contribution in [1.29, 1.82) is 0 Å². The fraction of sp³-hybridized carbons (Fsp3) is 0.348. The number of fused-ring (bicyclic) bond motifs is 1. The largest absolute Gasteiger partial charge is 0.383 e. The molecule has 1 atom stereocenters. The standard InChI is InChI=1S/C23H26N6O3/c1-24-23-26-12-16(13-27-23)22(31)29-9-7-15(14-29)20-11-18(21(30)25-8-10-32-2)17-5-3-4-6-19(17)28-20/h3-6,11-13,15H,7-10,14H2,1-2H3,(H,25,30)(H,24,26,27)/t15-/m0/s1. The molecule has 166 valence electrons. The van der Waals surface area contributed by atoms with Gasteiger partial charge in [-0.05, 0) is 18.6 Å². The molecule has 2 amide bonds. The van der Waals surface area contributed by atoms with Crippen molar-refractivity contribution in [3.8, 4) is 0 Å². The molecule has 4 rings (SSSR count). The van der Waals surface area contributed by atoms with Crippen LogP contribution in [0.5, 0.6) is 0 Å². The van der Waals surface area contributed by atoms with E-state index in [9.17, 15) is 9.59 Å². The molecule has 2 aromatic heterocycles. The number of ether oxygens (including phenoxy) is 1. The molecule has 1 aromatic carbocycles. The lowest BCUT2D eigenvalue weighted by Crippen LogP contribution is -2.29. The number of benzene rings is 1. The van der Waals surface area contributed by atoms with Crippen molar-refractivity contribution in [3.05, 3.63) is 59.5 Å². The average molecular weight is 435 g/mol. The summed E-state index contributed by atoms with van der Waals surface area (Å²) in [5.41, 5.74) is 2.62. The Balaban J connectivity index is 1.55. The summed E-state index contributed by atoms with van der Waals surface area (Å²) in [5, 5.41) is 6.54. The van der Waals surface area contributed by atoms with Crippen LogP contribution in [0.2, 0.25) is 0 Å². The van der Waals surface area contributed by atoms with E-state index in [1.54, 1.807) is 19.1 Å². The number of hydrogen-bond donors (Lipinski definition) is 2. The molecule has 0 bridgehead atoms. The van der Waals surface area contributed by atoms with Crippen LogP contribution in [0.3, 0.4) is 0 Å². The molecule has 1 saturated heterocycles. The highest BCUT2D eigenvalue weighted by Crippen LogP contribution is 2.30. The zero-order valence-corrected chi connectivity index (χ0v) is 18.2. The van der Waals surface area contributed by atoms with Gasteiger partial charge in [0.2, 0.25) is 5.95 Å². The Hall–Kier alpha value is -3.59. The molecule has 0 aliphatic carbocycles. The van der Waals surface area contributed by atoms with Gasteiger partial charge in [-0.15, -0.1) is 0 Å². The van der Waals surface area contributed by atoms with Crippen molar-refractivity contribution < 1.29 is 14.3 Å². The highest BCUT2D eigenvalue weighted by Gasteiger charge is 2.30. The number of para-hydroxylation sites is 1. The minimum atomic E-state index is -0.158. The zero-order valence-electron chi connectivity index (χ0n) is 18.2. The number of rotatable bonds is 7. The number of carbonyl (C=O) groups excluding carboxylic acids is 2. The van der Waals surface area contributed by atoms with Crippen LogP contribution >= 0.6 is 0 Å². The van der Waals surface area contributed by atoms with Gasteiger partial charge < -0.3 is 20.3 Å². The van der Waals surface area contributed by atoms with Crippen molar-refractivity contribution in [2.24, 2.45) is 0 Å². The molecule has 1 fully saturated rings. The van der Waals surface area contributed by atoms with Gasteiger partial charge in [0.15, 0.2) is 0 Å². The highest BCUT2D eigenvalue weighted by molar-refractivity contribution is 6.06. The van der Waals surface area contributed by atoms with Crippen LogP contribution in [0, 0.1) is 0 Å². The number of hydrogen-bond acceptors (Lipinski definition) is 7. The molecule has 2 N–H and O–H groups in total. The van der Waals surface area contributed by atoms with Crippen LogP contribution in [-0.2, 0) is 4.74 Å². The Morgan fingerprint density at radius 1 is 1.22 bits per heavy atom. The van der Waals surface area contributed by atoms with Crippen molar-refractivity contribution in [2.75, 3.05) is 45.7 Å². The lowest BCUT2D eigenvalue weighted by atomic mass is 9.99. The smallest absolute Gasteiger partial charge is 0.257 e. The number of anilines is 1. The Bertz CT molecular complexity index is 1120. The molecular weight excluding hydrogens is 408 g/mol. The summed E-state index contributed by atoms with van der Waals surface area (Å²) in [4.78, 5) is 40.6. The predicted octanol–water partition coefficient (Wildman–Crippen LogP) is 2.07. The molecule has 1 aliphatic rings. The fourth-order valence-electron chi connectivity index (χ4n) is 3.89. The van der Waals surface area contributed by atoms with Crippen LogP contribution in [0.25, 0.3) is 10.9 Å². The topological polar surface area (TPSA) is 109 Å². The number of amides is 2. The lowest BCUT2D eigenvalue weighted by Gasteiger charge is -2.17. The summed E-state index contributed by atoms with van der Waals surface area (Å²) in [7, 11) is 3.32. The van der Waals surface area contributed by atoms with Crippen molar-refractivity contribution in [3.63, 3.8) is 0 Å². The second-order valence-electron chi connectivity index (χ2n) is 7.64. The summed E-state index contributed by atoms with van der Waals surface area (Å²) in [6.07, 6.45) is 3.84. The van der Waals surface area contributed by atoms with E-state index in [0.717, 1.165) is 23.0 Å². The maximum atomic E-state index is 12.9. The fourth-order valence-corrected chi connectivity index (χ4v) is 3.89. The van der Waals surface area contributed by atoms with E-state index in [4.69, 9.17) is 9.72 Å². The first-order chi connectivity index (χ1) is 15.6. The Labute approximate surface area is 186 Å². The minimum absolute atomic E-state index is 0.0478. The van der Waals surface area contributed by atoms with Crippen LogP contribution in [0.1, 0.15) is 38.7 Å². The van der Waals surface area contributed by atoms with E-state index in [-0.39, 0.29) is 17.7 Å². The van der Waals surface area contributed by atoms with E-state index in [2.05, 4.69) is 20.6 Å². The molecule has 3 aromatic rings. The number of nitrogens with one attached hydrogen (secondary N) is 2. The van der Waals surface area contributed by atoms with Gasteiger partial charge in [0, 0.05) is 63.2 Å². The Kier molecular flexibility index (Phi) is 6.55. The van der Waals surface area contributed by atoms with Gasteiger partial charge in [-0.1, -0.05) is 18.2 Å². The third-order valence-corrected chi connectivity index (χ3v) is 5.59. The Morgan fingerprint density at radius 3 is 2.75 bits per heavy atom. The molecule has 0 radical (unpaired) electrons. The second kappa shape index (κ2) is 9.69. The maximum absolute atomic E-state index is 12.9. The molecule has 0 spiro atoms.